The summed E-state index contributed by atoms with van der Waals surface area (Å²) in [4.78, 5) is 26.1. The Hall–Kier alpha value is -2.84. The van der Waals surface area contributed by atoms with Gasteiger partial charge in [0.1, 0.15) is 4.32 Å². The van der Waals surface area contributed by atoms with Crippen LogP contribution in [0.4, 0.5) is 0 Å². The largest absolute Gasteiger partial charge is 0.504 e. The molecule has 2 aromatic rings. The SMILES string of the molecule is COc1cc(/C=C2\SC(=S)N([C@H](C(=O)O)c3ccccc3)C2=O)ccc1O. The van der Waals surface area contributed by atoms with E-state index in [9.17, 15) is 19.8 Å². The van der Waals surface area contributed by atoms with Gasteiger partial charge in [-0.15, -0.1) is 0 Å². The first-order valence-electron chi connectivity index (χ1n) is 7.84. The maximum Gasteiger partial charge on any atom is 0.331 e. The van der Waals surface area contributed by atoms with E-state index in [2.05, 4.69) is 0 Å². The number of phenolic OH excluding ortho intramolecular Hbond substituents is 1. The molecule has 1 amide bonds. The third kappa shape index (κ3) is 3.81. The molecule has 1 saturated heterocycles. The van der Waals surface area contributed by atoms with Crippen molar-refractivity contribution >= 4 is 46.3 Å². The van der Waals surface area contributed by atoms with Crippen molar-refractivity contribution in [2.75, 3.05) is 7.11 Å². The molecular formula is C19H15NO5S2. The summed E-state index contributed by atoms with van der Waals surface area (Å²) >= 11 is 6.31. The molecule has 1 heterocycles. The minimum absolute atomic E-state index is 0.0165. The van der Waals surface area contributed by atoms with Gasteiger partial charge in [-0.3, -0.25) is 9.69 Å². The molecule has 0 aliphatic carbocycles. The summed E-state index contributed by atoms with van der Waals surface area (Å²) in [6, 6.07) is 11.9. The molecule has 0 radical (unpaired) electrons. The smallest absolute Gasteiger partial charge is 0.331 e. The molecule has 6 nitrogen and oxygen atoms in total. The number of thiocarbonyl (C=S) groups is 1. The van der Waals surface area contributed by atoms with E-state index in [-0.39, 0.29) is 15.8 Å². The lowest BCUT2D eigenvalue weighted by atomic mass is 10.1. The van der Waals surface area contributed by atoms with Crippen LogP contribution < -0.4 is 4.74 Å². The Labute approximate surface area is 165 Å². The van der Waals surface area contributed by atoms with Crippen molar-refractivity contribution in [3.63, 3.8) is 0 Å². The molecule has 0 spiro atoms. The zero-order chi connectivity index (χ0) is 19.6. The maximum absolute atomic E-state index is 12.9. The Morgan fingerprint density at radius 2 is 1.96 bits per heavy atom. The van der Waals surface area contributed by atoms with E-state index in [1.807, 2.05) is 0 Å². The number of aromatic hydroxyl groups is 1. The molecule has 0 bridgehead atoms. The number of hydrogen-bond donors (Lipinski definition) is 2. The highest BCUT2D eigenvalue weighted by Gasteiger charge is 2.41. The standard InChI is InChI=1S/C19H15NO5S2/c1-25-14-9-11(7-8-13(14)21)10-15-17(22)20(19(26)27-15)16(18(23)24)12-5-3-2-4-6-12/h2-10,16,21H,1H3,(H,23,24)/b15-10-/t16-/m0/s1. The molecular weight excluding hydrogens is 386 g/mol. The lowest BCUT2D eigenvalue weighted by Gasteiger charge is -2.23. The van der Waals surface area contributed by atoms with Crippen molar-refractivity contribution in [2.24, 2.45) is 0 Å². The zero-order valence-electron chi connectivity index (χ0n) is 14.2. The van der Waals surface area contributed by atoms with Crippen LogP contribution >= 0.6 is 24.0 Å². The van der Waals surface area contributed by atoms with Gasteiger partial charge in [0.25, 0.3) is 5.91 Å². The summed E-state index contributed by atoms with van der Waals surface area (Å²) in [7, 11) is 1.43. The number of phenols is 1. The zero-order valence-corrected chi connectivity index (χ0v) is 15.8. The fourth-order valence-corrected chi connectivity index (χ4v) is 3.99. The number of aliphatic carboxylic acids is 1. The maximum atomic E-state index is 12.9. The summed E-state index contributed by atoms with van der Waals surface area (Å²) in [6.07, 6.45) is 1.59. The number of nitrogens with zero attached hydrogens (tertiary/aromatic N) is 1. The lowest BCUT2D eigenvalue weighted by Crippen LogP contribution is -2.37. The van der Waals surface area contributed by atoms with Crippen LogP contribution in [0.25, 0.3) is 6.08 Å². The number of amides is 1. The van der Waals surface area contributed by atoms with Crippen molar-refractivity contribution in [3.05, 3.63) is 64.6 Å². The van der Waals surface area contributed by atoms with Gasteiger partial charge in [0.15, 0.2) is 17.5 Å². The van der Waals surface area contributed by atoms with Gasteiger partial charge in [-0.1, -0.05) is 60.4 Å². The molecule has 8 heteroatoms. The number of benzene rings is 2. The predicted molar refractivity (Wildman–Crippen MR) is 106 cm³/mol. The molecule has 0 unspecified atom stereocenters. The minimum Gasteiger partial charge on any atom is -0.504 e. The summed E-state index contributed by atoms with van der Waals surface area (Å²) in [5.41, 5.74) is 1.09. The van der Waals surface area contributed by atoms with Crippen LogP contribution in [0.1, 0.15) is 17.2 Å². The normalized spacial score (nSPS) is 16.6. The molecule has 1 aliphatic heterocycles. The van der Waals surface area contributed by atoms with Gasteiger partial charge in [0.05, 0.1) is 12.0 Å². The number of carbonyl (C=O) groups is 2. The van der Waals surface area contributed by atoms with Crippen LogP contribution in [0.5, 0.6) is 11.5 Å². The second-order valence-electron chi connectivity index (χ2n) is 5.63. The predicted octanol–water partition coefficient (Wildman–Crippen LogP) is 3.43. The fourth-order valence-electron chi connectivity index (χ4n) is 2.68. The fraction of sp³-hybridized carbons (Fsp3) is 0.105. The molecule has 0 aromatic heterocycles. The molecule has 3 rings (SSSR count). The van der Waals surface area contributed by atoms with E-state index in [0.717, 1.165) is 16.7 Å². The van der Waals surface area contributed by atoms with Crippen LogP contribution in [0.15, 0.2) is 53.4 Å². The van der Waals surface area contributed by atoms with Gasteiger partial charge in [-0.25, -0.2) is 4.79 Å². The number of carboxylic acid groups (broad SMARTS) is 1. The van der Waals surface area contributed by atoms with E-state index in [1.165, 1.54) is 13.2 Å². The second kappa shape index (κ2) is 7.81. The Morgan fingerprint density at radius 3 is 2.59 bits per heavy atom. The highest BCUT2D eigenvalue weighted by Crippen LogP contribution is 2.39. The Morgan fingerprint density at radius 1 is 1.26 bits per heavy atom. The van der Waals surface area contributed by atoms with Crippen LogP contribution in [0, 0.1) is 0 Å². The summed E-state index contributed by atoms with van der Waals surface area (Å²) < 4.78 is 5.24. The van der Waals surface area contributed by atoms with Gasteiger partial charge in [-0.05, 0) is 29.3 Å². The number of rotatable bonds is 5. The van der Waals surface area contributed by atoms with Crippen LogP contribution in [0.3, 0.4) is 0 Å². The lowest BCUT2D eigenvalue weighted by molar-refractivity contribution is -0.145. The average Bonchev–Trinajstić information content (AvgIpc) is 2.92. The van der Waals surface area contributed by atoms with E-state index >= 15 is 0 Å². The first-order valence-corrected chi connectivity index (χ1v) is 9.06. The number of ether oxygens (including phenoxy) is 1. The van der Waals surface area contributed by atoms with Gasteiger partial charge in [0, 0.05) is 0 Å². The minimum atomic E-state index is -1.20. The number of carbonyl (C=O) groups excluding carboxylic acids is 1. The van der Waals surface area contributed by atoms with Gasteiger partial charge in [0.2, 0.25) is 0 Å². The molecule has 0 saturated carbocycles. The van der Waals surface area contributed by atoms with Crippen LogP contribution in [-0.4, -0.2) is 38.4 Å². The van der Waals surface area contributed by atoms with Crippen molar-refractivity contribution in [1.82, 2.24) is 4.90 Å². The highest BCUT2D eigenvalue weighted by molar-refractivity contribution is 8.26. The Bertz CT molecular complexity index is 942. The van der Waals surface area contributed by atoms with Crippen molar-refractivity contribution in [1.29, 1.82) is 0 Å². The molecule has 2 N–H and O–H groups in total. The number of thioether (sulfide) groups is 1. The van der Waals surface area contributed by atoms with Crippen LogP contribution in [0.2, 0.25) is 0 Å². The monoisotopic (exact) mass is 401 g/mol. The molecule has 1 atom stereocenters. The van der Waals surface area contributed by atoms with Crippen molar-refractivity contribution in [2.45, 2.75) is 6.04 Å². The van der Waals surface area contributed by atoms with E-state index in [1.54, 1.807) is 48.5 Å². The molecule has 1 aliphatic rings. The van der Waals surface area contributed by atoms with Gasteiger partial charge in [-0.2, -0.15) is 0 Å². The first kappa shape index (κ1) is 18.9. The molecule has 2 aromatic carbocycles. The van der Waals surface area contributed by atoms with Gasteiger partial charge >= 0.3 is 5.97 Å². The van der Waals surface area contributed by atoms with E-state index in [0.29, 0.717) is 16.0 Å². The van der Waals surface area contributed by atoms with E-state index in [4.69, 9.17) is 17.0 Å². The first-order chi connectivity index (χ1) is 12.9. The molecule has 1 fully saturated rings. The third-order valence-electron chi connectivity index (χ3n) is 3.93. The summed E-state index contributed by atoms with van der Waals surface area (Å²) in [5, 5.41) is 19.4. The topological polar surface area (TPSA) is 87.1 Å². The Balaban J connectivity index is 1.96. The van der Waals surface area contributed by atoms with Crippen LogP contribution in [-0.2, 0) is 9.59 Å². The average molecular weight is 401 g/mol. The third-order valence-corrected chi connectivity index (χ3v) is 5.26. The molecule has 27 heavy (non-hydrogen) atoms. The Kier molecular flexibility index (Phi) is 5.48. The molecule has 138 valence electrons. The second-order valence-corrected chi connectivity index (χ2v) is 7.31. The summed E-state index contributed by atoms with van der Waals surface area (Å²) in [5.74, 6) is -1.39. The highest BCUT2D eigenvalue weighted by atomic mass is 32.2. The van der Waals surface area contributed by atoms with Gasteiger partial charge < -0.3 is 14.9 Å². The van der Waals surface area contributed by atoms with Crippen molar-refractivity contribution < 1.29 is 24.5 Å². The quantitative estimate of drug-likeness (QED) is 0.586. The summed E-state index contributed by atoms with van der Waals surface area (Å²) in [6.45, 7) is 0. The van der Waals surface area contributed by atoms with Crippen molar-refractivity contribution in [3.8, 4) is 11.5 Å². The number of carboxylic acids is 1. The van der Waals surface area contributed by atoms with E-state index < -0.39 is 17.9 Å². The number of hydrogen-bond acceptors (Lipinski definition) is 6. The number of methoxy groups -OCH3 is 1.